The predicted octanol–water partition coefficient (Wildman–Crippen LogP) is 4.32. The molecular formula is C19H13ClFN3O2. The Morgan fingerprint density at radius 3 is 2.88 bits per heavy atom. The predicted molar refractivity (Wildman–Crippen MR) is 97.2 cm³/mol. The molecular weight excluding hydrogens is 357 g/mol. The number of halogens is 2. The van der Waals surface area contributed by atoms with Crippen LogP contribution in [0, 0.1) is 17.1 Å². The molecule has 0 fully saturated rings. The van der Waals surface area contributed by atoms with E-state index in [1.807, 2.05) is 0 Å². The molecule has 26 heavy (non-hydrogen) atoms. The molecule has 0 aliphatic heterocycles. The summed E-state index contributed by atoms with van der Waals surface area (Å²) < 4.78 is 19.9. The van der Waals surface area contributed by atoms with Crippen molar-refractivity contribution in [1.29, 1.82) is 5.26 Å². The molecule has 3 aromatic rings. The van der Waals surface area contributed by atoms with Gasteiger partial charge in [-0.15, -0.1) is 0 Å². The highest BCUT2D eigenvalue weighted by Gasteiger charge is 2.24. The number of nitrogen functional groups attached to an aromatic ring is 1. The fourth-order valence-electron chi connectivity index (χ4n) is 2.74. The average molecular weight is 370 g/mol. The molecule has 130 valence electrons. The smallest absolute Gasteiger partial charge is 0.340 e. The number of rotatable bonds is 3. The molecule has 0 aliphatic rings. The Morgan fingerprint density at radius 2 is 2.19 bits per heavy atom. The van der Waals surface area contributed by atoms with Crippen molar-refractivity contribution in [3.63, 3.8) is 0 Å². The first-order valence-corrected chi connectivity index (χ1v) is 8.10. The Morgan fingerprint density at radius 1 is 1.42 bits per heavy atom. The number of hydrogen-bond acceptors (Lipinski definition) is 5. The summed E-state index contributed by atoms with van der Waals surface area (Å²) in [5.74, 6) is -1.64. The second-order valence-electron chi connectivity index (χ2n) is 5.40. The Hall–Kier alpha value is -3.17. The fraction of sp³-hybridized carbons (Fsp3) is 0.105. The molecule has 0 unspecified atom stereocenters. The van der Waals surface area contributed by atoms with Crippen LogP contribution in [0.4, 0.5) is 10.1 Å². The fourth-order valence-corrected chi connectivity index (χ4v) is 3.02. The van der Waals surface area contributed by atoms with Crippen LogP contribution in [0.5, 0.6) is 0 Å². The molecule has 7 heteroatoms. The molecule has 3 rings (SSSR count). The molecule has 0 spiro atoms. The summed E-state index contributed by atoms with van der Waals surface area (Å²) in [5.41, 5.74) is 5.72. The number of carbonyl (C=O) groups excluding carboxylic acids is 1. The van der Waals surface area contributed by atoms with Gasteiger partial charge >= 0.3 is 5.97 Å². The van der Waals surface area contributed by atoms with Crippen LogP contribution >= 0.6 is 11.6 Å². The van der Waals surface area contributed by atoms with E-state index < -0.39 is 11.8 Å². The van der Waals surface area contributed by atoms with E-state index in [4.69, 9.17) is 22.1 Å². The van der Waals surface area contributed by atoms with Crippen molar-refractivity contribution in [3.05, 3.63) is 58.5 Å². The number of fused-ring (bicyclic) bond motifs is 1. The van der Waals surface area contributed by atoms with E-state index in [0.29, 0.717) is 16.3 Å². The van der Waals surface area contributed by atoms with Gasteiger partial charge in [-0.3, -0.25) is 4.98 Å². The van der Waals surface area contributed by atoms with Crippen LogP contribution in [0.15, 0.2) is 36.5 Å². The standard InChI is InChI=1S/C19H13ClFN3O2/c1-2-26-19(25)12-8-13(20)15(16(21)17(12)23)18-14-10(6-7-24-18)4-3-5-11(14)9-22/h3-8H,2,23H2,1H3. The molecule has 1 heterocycles. The number of hydrogen-bond donors (Lipinski definition) is 1. The molecule has 0 saturated heterocycles. The first kappa shape index (κ1) is 17.6. The number of ether oxygens (including phenoxy) is 1. The number of nitrogens with two attached hydrogens (primary N) is 1. The third-order valence-corrected chi connectivity index (χ3v) is 4.20. The molecule has 2 aromatic carbocycles. The number of carbonyl (C=O) groups is 1. The van der Waals surface area contributed by atoms with Gasteiger partial charge < -0.3 is 10.5 Å². The molecule has 0 aliphatic carbocycles. The van der Waals surface area contributed by atoms with Gasteiger partial charge in [-0.05, 0) is 30.5 Å². The van der Waals surface area contributed by atoms with E-state index in [2.05, 4.69) is 11.1 Å². The van der Waals surface area contributed by atoms with Gasteiger partial charge in [-0.2, -0.15) is 5.26 Å². The van der Waals surface area contributed by atoms with E-state index in [9.17, 15) is 10.1 Å². The van der Waals surface area contributed by atoms with Gasteiger partial charge in [-0.25, -0.2) is 9.18 Å². The zero-order valence-electron chi connectivity index (χ0n) is 13.7. The Labute approximate surface area is 153 Å². The number of pyridine rings is 1. The van der Waals surface area contributed by atoms with Crippen LogP contribution in [0.2, 0.25) is 5.02 Å². The van der Waals surface area contributed by atoms with E-state index in [1.54, 1.807) is 31.2 Å². The van der Waals surface area contributed by atoms with E-state index >= 15 is 4.39 Å². The quantitative estimate of drug-likeness (QED) is 0.548. The van der Waals surface area contributed by atoms with Gasteiger partial charge in [0.15, 0.2) is 5.82 Å². The van der Waals surface area contributed by atoms with E-state index in [-0.39, 0.29) is 34.1 Å². The summed E-state index contributed by atoms with van der Waals surface area (Å²) in [5, 5.41) is 10.5. The average Bonchev–Trinajstić information content (AvgIpc) is 2.64. The summed E-state index contributed by atoms with van der Waals surface area (Å²) in [6.45, 7) is 1.75. The lowest BCUT2D eigenvalue weighted by Gasteiger charge is -2.14. The number of esters is 1. The molecule has 0 saturated carbocycles. The van der Waals surface area contributed by atoms with E-state index in [0.717, 1.165) is 0 Å². The summed E-state index contributed by atoms with van der Waals surface area (Å²) in [6.07, 6.45) is 1.49. The first-order valence-electron chi connectivity index (χ1n) is 7.72. The largest absolute Gasteiger partial charge is 0.462 e. The minimum absolute atomic E-state index is 0.0486. The maximum absolute atomic E-state index is 15.0. The molecule has 5 nitrogen and oxygen atoms in total. The normalized spacial score (nSPS) is 10.5. The maximum atomic E-state index is 15.0. The number of anilines is 1. The SMILES string of the molecule is CCOC(=O)c1cc(Cl)c(-c2nccc3cccc(C#N)c23)c(F)c1N. The van der Waals surface area contributed by atoms with Gasteiger partial charge in [0.2, 0.25) is 0 Å². The zero-order valence-corrected chi connectivity index (χ0v) is 14.5. The number of nitrogens with zero attached hydrogens (tertiary/aromatic N) is 2. The zero-order chi connectivity index (χ0) is 18.8. The van der Waals surface area contributed by atoms with Crippen LogP contribution in [0.25, 0.3) is 22.0 Å². The third kappa shape index (κ3) is 2.83. The van der Waals surface area contributed by atoms with Gasteiger partial charge in [0.1, 0.15) is 0 Å². The Kier molecular flexibility index (Phi) is 4.74. The number of nitriles is 1. The number of benzene rings is 2. The van der Waals surface area contributed by atoms with Gasteiger partial charge in [-0.1, -0.05) is 23.7 Å². The van der Waals surface area contributed by atoms with Gasteiger partial charge in [0.05, 0.1) is 45.8 Å². The van der Waals surface area contributed by atoms with Gasteiger partial charge in [0, 0.05) is 11.6 Å². The highest BCUT2D eigenvalue weighted by molar-refractivity contribution is 6.34. The summed E-state index contributed by atoms with van der Waals surface area (Å²) in [6, 6.07) is 10.1. The van der Waals surface area contributed by atoms with Crippen LogP contribution < -0.4 is 5.73 Å². The minimum Gasteiger partial charge on any atom is -0.462 e. The number of aromatic nitrogens is 1. The summed E-state index contributed by atoms with van der Waals surface area (Å²) >= 11 is 6.26. The van der Waals surface area contributed by atoms with Crippen LogP contribution in [0.3, 0.4) is 0 Å². The van der Waals surface area contributed by atoms with Crippen LogP contribution in [-0.4, -0.2) is 17.6 Å². The highest BCUT2D eigenvalue weighted by Crippen LogP contribution is 2.39. The van der Waals surface area contributed by atoms with Crippen molar-refractivity contribution in [2.45, 2.75) is 6.92 Å². The highest BCUT2D eigenvalue weighted by atomic mass is 35.5. The molecule has 0 amide bonds. The van der Waals surface area contributed by atoms with Crippen LogP contribution in [0.1, 0.15) is 22.8 Å². The summed E-state index contributed by atoms with van der Waals surface area (Å²) in [4.78, 5) is 16.2. The van der Waals surface area contributed by atoms with Gasteiger partial charge in [0.25, 0.3) is 0 Å². The van der Waals surface area contributed by atoms with Crippen LogP contribution in [-0.2, 0) is 4.74 Å². The second-order valence-corrected chi connectivity index (χ2v) is 5.81. The maximum Gasteiger partial charge on any atom is 0.340 e. The molecule has 2 N–H and O–H groups in total. The molecule has 0 radical (unpaired) electrons. The second kappa shape index (κ2) is 6.98. The topological polar surface area (TPSA) is 89.0 Å². The van der Waals surface area contributed by atoms with Crippen molar-refractivity contribution >= 4 is 34.0 Å². The monoisotopic (exact) mass is 369 g/mol. The van der Waals surface area contributed by atoms with E-state index in [1.165, 1.54) is 12.3 Å². The lowest BCUT2D eigenvalue weighted by atomic mass is 9.97. The van der Waals surface area contributed by atoms with Crippen molar-refractivity contribution in [3.8, 4) is 17.3 Å². The van der Waals surface area contributed by atoms with Crippen molar-refractivity contribution in [2.75, 3.05) is 12.3 Å². The Balaban J connectivity index is 2.33. The minimum atomic E-state index is -0.881. The molecule has 0 atom stereocenters. The molecule has 1 aromatic heterocycles. The lowest BCUT2D eigenvalue weighted by Crippen LogP contribution is -2.10. The first-order chi connectivity index (χ1) is 12.5. The van der Waals surface area contributed by atoms with Crippen molar-refractivity contribution < 1.29 is 13.9 Å². The lowest BCUT2D eigenvalue weighted by molar-refractivity contribution is 0.0527. The summed E-state index contributed by atoms with van der Waals surface area (Å²) in [7, 11) is 0. The third-order valence-electron chi connectivity index (χ3n) is 3.90. The molecule has 0 bridgehead atoms. The van der Waals surface area contributed by atoms with Crippen molar-refractivity contribution in [2.24, 2.45) is 0 Å². The Bertz CT molecular complexity index is 1070. The van der Waals surface area contributed by atoms with Crippen molar-refractivity contribution in [1.82, 2.24) is 4.98 Å².